The van der Waals surface area contributed by atoms with Crippen molar-refractivity contribution in [2.75, 3.05) is 0 Å². The SMILES string of the molecule is C1=CC(c2cccc3cc4ccccc4cc23)C(c2cccc3cc4ccccc4cc23)C=1. The Kier molecular flexibility index (Phi) is 4.03. The Bertz CT molecular complexity index is 1630. The van der Waals surface area contributed by atoms with Crippen LogP contribution in [0.25, 0.3) is 43.1 Å². The van der Waals surface area contributed by atoms with Gasteiger partial charge in [0.25, 0.3) is 0 Å². The molecule has 2 atom stereocenters. The van der Waals surface area contributed by atoms with Crippen LogP contribution in [-0.4, -0.2) is 0 Å². The number of hydrogen-bond acceptors (Lipinski definition) is 0. The highest BCUT2D eigenvalue weighted by molar-refractivity contribution is 6.01. The van der Waals surface area contributed by atoms with Crippen molar-refractivity contribution in [3.8, 4) is 0 Å². The molecule has 0 amide bonds. The van der Waals surface area contributed by atoms with Crippen LogP contribution in [0, 0.1) is 0 Å². The van der Waals surface area contributed by atoms with Crippen molar-refractivity contribution >= 4 is 43.1 Å². The molecule has 33 heavy (non-hydrogen) atoms. The number of fused-ring (bicyclic) bond motifs is 4. The fourth-order valence-electron chi connectivity index (χ4n) is 5.60. The predicted octanol–water partition coefficient (Wildman–Crippen LogP) is 8.89. The first-order valence-electron chi connectivity index (χ1n) is 11.6. The van der Waals surface area contributed by atoms with E-state index in [1.165, 1.54) is 54.2 Å². The third-order valence-corrected chi connectivity index (χ3v) is 7.22. The Hall–Kier alpha value is -4.12. The molecule has 7 rings (SSSR count). The molecule has 0 spiro atoms. The van der Waals surface area contributed by atoms with Crippen LogP contribution in [0.5, 0.6) is 0 Å². The maximum atomic E-state index is 3.47. The first-order chi connectivity index (χ1) is 16.3. The van der Waals surface area contributed by atoms with Crippen LogP contribution in [0.15, 0.2) is 127 Å². The van der Waals surface area contributed by atoms with Crippen molar-refractivity contribution in [2.45, 2.75) is 11.8 Å². The zero-order valence-corrected chi connectivity index (χ0v) is 18.2. The van der Waals surface area contributed by atoms with Crippen LogP contribution in [0.2, 0.25) is 0 Å². The van der Waals surface area contributed by atoms with Gasteiger partial charge >= 0.3 is 0 Å². The lowest BCUT2D eigenvalue weighted by atomic mass is 9.80. The van der Waals surface area contributed by atoms with Crippen LogP contribution < -0.4 is 0 Å². The van der Waals surface area contributed by atoms with Crippen molar-refractivity contribution < 1.29 is 0 Å². The van der Waals surface area contributed by atoms with Crippen LogP contribution in [0.3, 0.4) is 0 Å². The molecule has 0 aromatic heterocycles. The van der Waals surface area contributed by atoms with Crippen molar-refractivity contribution in [2.24, 2.45) is 0 Å². The van der Waals surface area contributed by atoms with E-state index in [-0.39, 0.29) is 11.8 Å². The predicted molar refractivity (Wildman–Crippen MR) is 141 cm³/mol. The van der Waals surface area contributed by atoms with E-state index in [1.54, 1.807) is 0 Å². The lowest BCUT2D eigenvalue weighted by Gasteiger charge is -2.22. The summed E-state index contributed by atoms with van der Waals surface area (Å²) in [6, 6.07) is 40.1. The Labute approximate surface area is 193 Å². The Morgan fingerprint density at radius 2 is 0.788 bits per heavy atom. The Morgan fingerprint density at radius 1 is 0.394 bits per heavy atom. The number of allylic oxidation sites excluding steroid dienone is 1. The molecule has 0 heterocycles. The molecular weight excluding hydrogens is 396 g/mol. The van der Waals surface area contributed by atoms with E-state index in [0.717, 1.165) is 0 Å². The molecular formula is C33H22. The molecule has 0 fully saturated rings. The molecule has 0 bridgehead atoms. The van der Waals surface area contributed by atoms with E-state index in [9.17, 15) is 0 Å². The van der Waals surface area contributed by atoms with Gasteiger partial charge < -0.3 is 0 Å². The average Bonchev–Trinajstić information content (AvgIpc) is 3.35. The topological polar surface area (TPSA) is 0 Å². The summed E-state index contributed by atoms with van der Waals surface area (Å²) >= 11 is 0. The molecule has 1 aliphatic carbocycles. The van der Waals surface area contributed by atoms with E-state index in [1.807, 2.05) is 0 Å². The number of rotatable bonds is 2. The zero-order chi connectivity index (χ0) is 21.8. The van der Waals surface area contributed by atoms with Gasteiger partial charge in [0.05, 0.1) is 0 Å². The Morgan fingerprint density at radius 3 is 1.24 bits per heavy atom. The molecule has 2 unspecified atom stereocenters. The van der Waals surface area contributed by atoms with Crippen molar-refractivity contribution in [1.29, 1.82) is 0 Å². The largest absolute Gasteiger partial charge is 0.128 e. The van der Waals surface area contributed by atoms with Crippen LogP contribution >= 0.6 is 0 Å². The van der Waals surface area contributed by atoms with Gasteiger partial charge in [-0.3, -0.25) is 0 Å². The van der Waals surface area contributed by atoms with Gasteiger partial charge in [-0.1, -0.05) is 84.9 Å². The van der Waals surface area contributed by atoms with Crippen molar-refractivity contribution in [3.63, 3.8) is 0 Å². The van der Waals surface area contributed by atoms with Gasteiger partial charge in [-0.25, -0.2) is 0 Å². The summed E-state index contributed by atoms with van der Waals surface area (Å²) in [5.41, 5.74) is 6.23. The summed E-state index contributed by atoms with van der Waals surface area (Å²) in [4.78, 5) is 0. The van der Waals surface area contributed by atoms with E-state index in [4.69, 9.17) is 0 Å². The second kappa shape index (κ2) is 7.20. The van der Waals surface area contributed by atoms with Gasteiger partial charge in [-0.15, -0.1) is 5.73 Å². The zero-order valence-electron chi connectivity index (χ0n) is 18.2. The monoisotopic (exact) mass is 418 g/mol. The van der Waals surface area contributed by atoms with Crippen LogP contribution in [0.1, 0.15) is 23.0 Å². The van der Waals surface area contributed by atoms with Crippen LogP contribution in [0.4, 0.5) is 0 Å². The maximum absolute atomic E-state index is 3.47. The van der Waals surface area contributed by atoms with Gasteiger partial charge in [-0.05, 0) is 90.6 Å². The normalized spacial score (nSPS) is 17.6. The van der Waals surface area contributed by atoms with Gasteiger partial charge in [0, 0.05) is 11.8 Å². The summed E-state index contributed by atoms with van der Waals surface area (Å²) in [5.74, 6) is 0.541. The molecule has 0 radical (unpaired) electrons. The molecule has 6 aromatic rings. The summed E-state index contributed by atoms with van der Waals surface area (Å²) in [6.07, 6.45) is 4.52. The van der Waals surface area contributed by atoms with Gasteiger partial charge in [0.2, 0.25) is 0 Å². The van der Waals surface area contributed by atoms with E-state index in [0.29, 0.717) is 0 Å². The van der Waals surface area contributed by atoms with Gasteiger partial charge in [0.1, 0.15) is 0 Å². The molecule has 154 valence electrons. The highest BCUT2D eigenvalue weighted by Crippen LogP contribution is 2.44. The molecule has 0 aliphatic heterocycles. The smallest absolute Gasteiger partial charge is 0.0210 e. The fraction of sp³-hybridized carbons (Fsp3) is 0.0606. The minimum Gasteiger partial charge on any atom is -0.128 e. The third kappa shape index (κ3) is 2.93. The third-order valence-electron chi connectivity index (χ3n) is 7.22. The van der Waals surface area contributed by atoms with Crippen LogP contribution in [-0.2, 0) is 0 Å². The summed E-state index contributed by atoms with van der Waals surface area (Å²) in [7, 11) is 0. The minimum absolute atomic E-state index is 0.270. The van der Waals surface area contributed by atoms with E-state index < -0.39 is 0 Å². The molecule has 0 saturated heterocycles. The van der Waals surface area contributed by atoms with Crippen molar-refractivity contribution in [1.82, 2.24) is 0 Å². The molecule has 0 heteroatoms. The first-order valence-corrected chi connectivity index (χ1v) is 11.6. The quantitative estimate of drug-likeness (QED) is 0.194. The molecule has 0 nitrogen and oxygen atoms in total. The summed E-state index contributed by atoms with van der Waals surface area (Å²) in [5, 5.41) is 10.4. The standard InChI is InChI=1S/C33H22/c1-3-10-24-20-32-26(18-22(24)8-1)12-5-14-30(32)28-16-7-17-29(28)31-15-6-13-27-19-23-9-2-4-11-25(23)21-33(27)31/h1-6,8-21,28-29H. The highest BCUT2D eigenvalue weighted by Gasteiger charge is 2.26. The first kappa shape index (κ1) is 18.5. The summed E-state index contributed by atoms with van der Waals surface area (Å²) in [6.45, 7) is 0. The molecule has 0 N–H and O–H groups in total. The molecule has 1 aliphatic rings. The minimum atomic E-state index is 0.270. The van der Waals surface area contributed by atoms with Gasteiger partial charge in [-0.2, -0.15) is 0 Å². The van der Waals surface area contributed by atoms with E-state index >= 15 is 0 Å². The fourth-order valence-corrected chi connectivity index (χ4v) is 5.60. The highest BCUT2D eigenvalue weighted by atomic mass is 14.3. The lowest BCUT2D eigenvalue weighted by molar-refractivity contribution is 0.770. The van der Waals surface area contributed by atoms with Gasteiger partial charge in [0.15, 0.2) is 0 Å². The molecule has 6 aromatic carbocycles. The second-order valence-corrected chi connectivity index (χ2v) is 9.09. The lowest BCUT2D eigenvalue weighted by Crippen LogP contribution is -2.06. The maximum Gasteiger partial charge on any atom is 0.0210 e. The average molecular weight is 419 g/mol. The van der Waals surface area contributed by atoms with Crippen molar-refractivity contribution in [3.05, 3.63) is 138 Å². The molecule has 0 saturated carbocycles. The van der Waals surface area contributed by atoms with E-state index in [2.05, 4.69) is 127 Å². The number of hydrogen-bond donors (Lipinski definition) is 0. The summed E-state index contributed by atoms with van der Waals surface area (Å²) < 4.78 is 0. The Balaban J connectivity index is 1.42. The second-order valence-electron chi connectivity index (χ2n) is 9.09. The number of benzene rings is 6.